The van der Waals surface area contributed by atoms with E-state index in [-0.39, 0.29) is 11.6 Å². The quantitative estimate of drug-likeness (QED) is 0.454. The van der Waals surface area contributed by atoms with E-state index in [1.807, 2.05) is 0 Å². The van der Waals surface area contributed by atoms with Gasteiger partial charge in [-0.3, -0.25) is 4.79 Å². The molecule has 2 aromatic carbocycles. The Kier molecular flexibility index (Phi) is 4.35. The second kappa shape index (κ2) is 7.20. The van der Waals surface area contributed by atoms with Crippen LogP contribution in [0.5, 0.6) is 11.5 Å². The molecule has 0 aliphatic carbocycles. The number of aromatic nitrogens is 6. The highest BCUT2D eigenvalue weighted by molar-refractivity contribution is 5.76. The van der Waals surface area contributed by atoms with E-state index in [4.69, 9.17) is 9.47 Å². The van der Waals surface area contributed by atoms with Crippen LogP contribution in [0.3, 0.4) is 0 Å². The SMILES string of the molecule is COc1ccc(-c2n[nH]c(=O)c3c2[C@H](c2ccccc2F)n2nnnc2N3)cc1OC. The van der Waals surface area contributed by atoms with E-state index >= 15 is 0 Å². The number of nitrogens with one attached hydrogen (secondary N) is 2. The molecule has 1 atom stereocenters. The molecule has 2 aromatic heterocycles. The summed E-state index contributed by atoms with van der Waals surface area (Å²) >= 11 is 0. The normalized spacial score (nSPS) is 14.4. The van der Waals surface area contributed by atoms with Crippen molar-refractivity contribution >= 4 is 11.6 Å². The van der Waals surface area contributed by atoms with Gasteiger partial charge in [-0.25, -0.2) is 9.49 Å². The molecule has 0 spiro atoms. The summed E-state index contributed by atoms with van der Waals surface area (Å²) < 4.78 is 27.0. The highest BCUT2D eigenvalue weighted by atomic mass is 19.1. The highest BCUT2D eigenvalue weighted by Crippen LogP contribution is 2.42. The molecule has 0 amide bonds. The molecule has 0 fully saturated rings. The van der Waals surface area contributed by atoms with Gasteiger partial charge in [0.2, 0.25) is 5.95 Å². The van der Waals surface area contributed by atoms with Gasteiger partial charge in [-0.1, -0.05) is 23.3 Å². The molecule has 10 nitrogen and oxygen atoms in total. The first-order valence-electron chi connectivity index (χ1n) is 9.26. The Morgan fingerprint density at radius 2 is 1.90 bits per heavy atom. The minimum absolute atomic E-state index is 0.190. The first kappa shape index (κ1) is 18.7. The van der Waals surface area contributed by atoms with Gasteiger partial charge in [0.25, 0.3) is 5.56 Å². The number of benzene rings is 2. The summed E-state index contributed by atoms with van der Waals surface area (Å²) in [5, 5.41) is 21.3. The van der Waals surface area contributed by atoms with Crippen LogP contribution in [0.2, 0.25) is 0 Å². The molecule has 11 heteroatoms. The van der Waals surface area contributed by atoms with Crippen molar-refractivity contribution in [2.24, 2.45) is 0 Å². The van der Waals surface area contributed by atoms with Gasteiger partial charge >= 0.3 is 0 Å². The number of nitrogens with zero attached hydrogens (tertiary/aromatic N) is 5. The number of tetrazole rings is 1. The monoisotopic (exact) mass is 421 g/mol. The van der Waals surface area contributed by atoms with E-state index in [0.717, 1.165) is 0 Å². The highest BCUT2D eigenvalue weighted by Gasteiger charge is 2.35. The number of rotatable bonds is 4. The second-order valence-corrected chi connectivity index (χ2v) is 6.76. The fourth-order valence-corrected chi connectivity index (χ4v) is 3.73. The van der Waals surface area contributed by atoms with Crippen LogP contribution in [-0.4, -0.2) is 44.6 Å². The van der Waals surface area contributed by atoms with E-state index in [9.17, 15) is 9.18 Å². The zero-order valence-electron chi connectivity index (χ0n) is 16.5. The van der Waals surface area contributed by atoms with Crippen molar-refractivity contribution in [3.05, 3.63) is 69.8 Å². The maximum Gasteiger partial charge on any atom is 0.288 e. The molecular weight excluding hydrogens is 405 g/mol. The number of aromatic amines is 1. The third-order valence-electron chi connectivity index (χ3n) is 5.13. The molecule has 1 aliphatic heterocycles. The van der Waals surface area contributed by atoms with Crippen molar-refractivity contribution in [1.29, 1.82) is 0 Å². The fourth-order valence-electron chi connectivity index (χ4n) is 3.73. The van der Waals surface area contributed by atoms with Gasteiger partial charge in [-0.05, 0) is 34.7 Å². The van der Waals surface area contributed by atoms with Crippen molar-refractivity contribution in [3.63, 3.8) is 0 Å². The summed E-state index contributed by atoms with van der Waals surface area (Å²) in [6, 6.07) is 10.7. The fraction of sp³-hybridized carbons (Fsp3) is 0.150. The third-order valence-corrected chi connectivity index (χ3v) is 5.13. The number of fused-ring (bicyclic) bond motifs is 2. The van der Waals surface area contributed by atoms with Crippen molar-refractivity contribution in [3.8, 4) is 22.8 Å². The van der Waals surface area contributed by atoms with Crippen LogP contribution < -0.4 is 20.3 Å². The summed E-state index contributed by atoms with van der Waals surface area (Å²) in [7, 11) is 3.06. The molecule has 0 bridgehead atoms. The minimum Gasteiger partial charge on any atom is -0.493 e. The van der Waals surface area contributed by atoms with Gasteiger partial charge < -0.3 is 14.8 Å². The van der Waals surface area contributed by atoms with Crippen LogP contribution in [-0.2, 0) is 0 Å². The smallest absolute Gasteiger partial charge is 0.288 e. The topological polar surface area (TPSA) is 120 Å². The molecule has 2 N–H and O–H groups in total. The Hall–Kier alpha value is -4.28. The maximum absolute atomic E-state index is 14.9. The summed E-state index contributed by atoms with van der Waals surface area (Å²) in [5.41, 5.74) is 1.49. The Labute approximate surface area is 174 Å². The lowest BCUT2D eigenvalue weighted by atomic mass is 9.92. The molecule has 5 rings (SSSR count). The average Bonchev–Trinajstić information content (AvgIpc) is 3.27. The lowest BCUT2D eigenvalue weighted by Crippen LogP contribution is -2.29. The van der Waals surface area contributed by atoms with Crippen LogP contribution in [0.4, 0.5) is 16.0 Å². The van der Waals surface area contributed by atoms with Gasteiger partial charge in [0.15, 0.2) is 11.5 Å². The number of hydrogen-bond acceptors (Lipinski definition) is 8. The van der Waals surface area contributed by atoms with E-state index < -0.39 is 17.4 Å². The number of methoxy groups -OCH3 is 2. The maximum atomic E-state index is 14.9. The Bertz CT molecular complexity index is 1350. The van der Waals surface area contributed by atoms with E-state index in [0.29, 0.717) is 33.9 Å². The molecule has 1 aliphatic rings. The van der Waals surface area contributed by atoms with Crippen LogP contribution in [0, 0.1) is 5.82 Å². The third kappa shape index (κ3) is 2.89. The van der Waals surface area contributed by atoms with E-state index in [1.165, 1.54) is 25.0 Å². The predicted octanol–water partition coefficient (Wildman–Crippen LogP) is 2.27. The zero-order valence-corrected chi connectivity index (χ0v) is 16.5. The standard InChI is InChI=1S/C20H16FN7O3/c1-30-13-8-7-10(9-14(13)31-2)16-15-17(19(29)24-23-16)22-20-25-26-27-28(20)18(15)11-5-3-4-6-12(11)21/h3-9,18H,1-2H3,(H,24,29)(H,22,25,27)/t18-/m0/s1. The number of anilines is 2. The zero-order chi connectivity index (χ0) is 21.5. The molecule has 156 valence electrons. The minimum atomic E-state index is -0.819. The van der Waals surface area contributed by atoms with Crippen molar-refractivity contribution in [2.45, 2.75) is 6.04 Å². The van der Waals surface area contributed by atoms with E-state index in [1.54, 1.807) is 36.4 Å². The summed E-state index contributed by atoms with van der Waals surface area (Å²) in [6.45, 7) is 0. The number of H-pyrrole nitrogens is 1. The summed E-state index contributed by atoms with van der Waals surface area (Å²) in [4.78, 5) is 12.7. The number of ether oxygens (including phenoxy) is 2. The predicted molar refractivity (Wildman–Crippen MR) is 108 cm³/mol. The van der Waals surface area contributed by atoms with Crippen molar-refractivity contribution in [2.75, 3.05) is 19.5 Å². The molecular formula is C20H16FN7O3. The van der Waals surface area contributed by atoms with Crippen LogP contribution in [0.25, 0.3) is 11.3 Å². The number of hydrogen-bond donors (Lipinski definition) is 2. The molecule has 0 saturated carbocycles. The molecule has 0 radical (unpaired) electrons. The van der Waals surface area contributed by atoms with Crippen LogP contribution >= 0.6 is 0 Å². The van der Waals surface area contributed by atoms with Gasteiger partial charge in [-0.15, -0.1) is 0 Å². The first-order valence-corrected chi connectivity index (χ1v) is 9.26. The molecule has 0 unspecified atom stereocenters. The van der Waals surface area contributed by atoms with Crippen molar-refractivity contribution in [1.82, 2.24) is 30.4 Å². The Balaban J connectivity index is 1.81. The Morgan fingerprint density at radius 1 is 1.10 bits per heavy atom. The molecule has 31 heavy (non-hydrogen) atoms. The lowest BCUT2D eigenvalue weighted by Gasteiger charge is -2.28. The van der Waals surface area contributed by atoms with Gasteiger partial charge in [0.05, 0.1) is 19.9 Å². The summed E-state index contributed by atoms with van der Waals surface area (Å²) in [5.74, 6) is 0.781. The average molecular weight is 421 g/mol. The van der Waals surface area contributed by atoms with Gasteiger partial charge in [0.1, 0.15) is 17.5 Å². The van der Waals surface area contributed by atoms with Gasteiger partial charge in [-0.2, -0.15) is 9.78 Å². The van der Waals surface area contributed by atoms with E-state index in [2.05, 4.69) is 31.0 Å². The first-order chi connectivity index (χ1) is 15.1. The molecule has 4 aromatic rings. The summed E-state index contributed by atoms with van der Waals surface area (Å²) in [6.07, 6.45) is 0. The Morgan fingerprint density at radius 3 is 2.68 bits per heavy atom. The number of halogens is 1. The largest absolute Gasteiger partial charge is 0.493 e. The molecule has 0 saturated heterocycles. The second-order valence-electron chi connectivity index (χ2n) is 6.76. The van der Waals surface area contributed by atoms with Gasteiger partial charge in [0, 0.05) is 16.7 Å². The lowest BCUT2D eigenvalue weighted by molar-refractivity contribution is 0.355. The van der Waals surface area contributed by atoms with Crippen LogP contribution in [0.15, 0.2) is 47.3 Å². The van der Waals surface area contributed by atoms with Crippen LogP contribution in [0.1, 0.15) is 17.2 Å². The van der Waals surface area contributed by atoms with Crippen molar-refractivity contribution < 1.29 is 13.9 Å². The molecule has 3 heterocycles.